The molecule has 19 heavy (non-hydrogen) atoms. The van der Waals surface area contributed by atoms with E-state index >= 15 is 0 Å². The van der Waals surface area contributed by atoms with Crippen molar-refractivity contribution < 1.29 is 9.53 Å². The Balaban J connectivity index is 2.13. The Morgan fingerprint density at radius 2 is 2.42 bits per heavy atom. The summed E-state index contributed by atoms with van der Waals surface area (Å²) in [4.78, 5) is 13.7. The highest BCUT2D eigenvalue weighted by atomic mass is 35.5. The lowest BCUT2D eigenvalue weighted by Gasteiger charge is -2.22. The number of carbonyl (C=O) groups excluding carboxylic acids is 1. The van der Waals surface area contributed by atoms with Crippen LogP contribution in [-0.2, 0) is 11.2 Å². The largest absolute Gasteiger partial charge is 0.445 e. The molecule has 1 heterocycles. The number of benzene rings is 1. The summed E-state index contributed by atoms with van der Waals surface area (Å²) >= 11 is 6.05. The second kappa shape index (κ2) is 6.11. The fraction of sp³-hybridized carbons (Fsp3) is 0.400. The normalized spacial score (nSPS) is 18.4. The van der Waals surface area contributed by atoms with Crippen LogP contribution < -0.4 is 0 Å². The molecule has 1 aliphatic rings. The molecule has 0 radical (unpaired) electrons. The smallest absolute Gasteiger partial charge is 0.410 e. The average molecular weight is 280 g/mol. The third-order valence-electron chi connectivity index (χ3n) is 3.37. The highest BCUT2D eigenvalue weighted by Gasteiger charge is 2.24. The van der Waals surface area contributed by atoms with Gasteiger partial charge in [-0.05, 0) is 35.6 Å². The van der Waals surface area contributed by atoms with Crippen molar-refractivity contribution >= 4 is 17.7 Å². The van der Waals surface area contributed by atoms with Crippen LogP contribution in [-0.4, -0.2) is 30.7 Å². The van der Waals surface area contributed by atoms with E-state index in [2.05, 4.69) is 13.5 Å². The van der Waals surface area contributed by atoms with Crippen LogP contribution in [0.25, 0.3) is 0 Å². The zero-order chi connectivity index (χ0) is 13.8. The van der Waals surface area contributed by atoms with Gasteiger partial charge in [0.1, 0.15) is 6.61 Å². The lowest BCUT2D eigenvalue weighted by molar-refractivity contribution is 0.112. The van der Waals surface area contributed by atoms with Crippen LogP contribution in [0.5, 0.6) is 0 Å². The Bertz CT molecular complexity index is 487. The van der Waals surface area contributed by atoms with Crippen molar-refractivity contribution in [1.82, 2.24) is 4.90 Å². The summed E-state index contributed by atoms with van der Waals surface area (Å²) in [5.74, 6) is 0.257. The van der Waals surface area contributed by atoms with Crippen LogP contribution in [0.1, 0.15) is 24.0 Å². The van der Waals surface area contributed by atoms with Gasteiger partial charge < -0.3 is 9.64 Å². The summed E-state index contributed by atoms with van der Waals surface area (Å²) < 4.78 is 5.10. The zero-order valence-electron chi connectivity index (χ0n) is 11.1. The van der Waals surface area contributed by atoms with Gasteiger partial charge in [-0.15, -0.1) is 0 Å². The van der Waals surface area contributed by atoms with Crippen molar-refractivity contribution in [2.24, 2.45) is 0 Å². The predicted molar refractivity (Wildman–Crippen MR) is 76.7 cm³/mol. The van der Waals surface area contributed by atoms with Crippen molar-refractivity contribution in [3.05, 3.63) is 47.0 Å². The molecule has 0 saturated carbocycles. The van der Waals surface area contributed by atoms with Crippen molar-refractivity contribution in [3.8, 4) is 0 Å². The molecule has 1 unspecified atom stereocenters. The maximum atomic E-state index is 11.9. The summed E-state index contributed by atoms with van der Waals surface area (Å²) in [7, 11) is 0. The molecule has 0 saturated heterocycles. The molecular weight excluding hydrogens is 262 g/mol. The summed E-state index contributed by atoms with van der Waals surface area (Å²) in [6.45, 7) is 7.23. The molecular formula is C15H18ClNO2. The quantitative estimate of drug-likeness (QED) is 0.774. The second-order valence-corrected chi connectivity index (χ2v) is 5.24. The van der Waals surface area contributed by atoms with Crippen LogP contribution in [0.15, 0.2) is 30.9 Å². The Morgan fingerprint density at radius 3 is 3.16 bits per heavy atom. The maximum absolute atomic E-state index is 11.9. The van der Waals surface area contributed by atoms with E-state index in [0.717, 1.165) is 11.4 Å². The Morgan fingerprint density at radius 1 is 1.63 bits per heavy atom. The van der Waals surface area contributed by atoms with Gasteiger partial charge in [0.25, 0.3) is 0 Å². The molecule has 4 heteroatoms. The lowest BCUT2D eigenvalue weighted by Crippen LogP contribution is -2.34. The average Bonchev–Trinajstić information content (AvgIpc) is 2.56. The zero-order valence-corrected chi connectivity index (χ0v) is 11.8. The third kappa shape index (κ3) is 3.29. The van der Waals surface area contributed by atoms with E-state index in [-0.39, 0.29) is 18.6 Å². The number of ether oxygens (including phenoxy) is 1. The summed E-state index contributed by atoms with van der Waals surface area (Å²) in [6.07, 6.45) is 2.14. The lowest BCUT2D eigenvalue weighted by atomic mass is 9.95. The van der Waals surface area contributed by atoms with E-state index in [0.29, 0.717) is 13.1 Å². The molecule has 0 N–H and O–H groups in total. The van der Waals surface area contributed by atoms with Crippen LogP contribution in [0.2, 0.25) is 5.02 Å². The van der Waals surface area contributed by atoms with E-state index in [4.69, 9.17) is 16.3 Å². The molecule has 1 atom stereocenters. The van der Waals surface area contributed by atoms with Gasteiger partial charge in [0.2, 0.25) is 0 Å². The van der Waals surface area contributed by atoms with Gasteiger partial charge in [-0.1, -0.05) is 37.2 Å². The van der Waals surface area contributed by atoms with E-state index in [1.54, 1.807) is 11.0 Å². The molecule has 1 amide bonds. The van der Waals surface area contributed by atoms with Gasteiger partial charge in [0.05, 0.1) is 0 Å². The van der Waals surface area contributed by atoms with Gasteiger partial charge in [0.15, 0.2) is 0 Å². The molecule has 0 spiro atoms. The number of hydrogen-bond donors (Lipinski definition) is 0. The molecule has 2 rings (SSSR count). The number of nitrogens with zero attached hydrogens (tertiary/aromatic N) is 1. The minimum Gasteiger partial charge on any atom is -0.445 e. The minimum absolute atomic E-state index is 0.252. The summed E-state index contributed by atoms with van der Waals surface area (Å²) in [6, 6.07) is 5.95. The van der Waals surface area contributed by atoms with E-state index in [9.17, 15) is 4.79 Å². The van der Waals surface area contributed by atoms with Gasteiger partial charge in [-0.2, -0.15) is 0 Å². The predicted octanol–water partition coefficient (Wildman–Crippen LogP) is 3.62. The van der Waals surface area contributed by atoms with Gasteiger partial charge in [0, 0.05) is 18.1 Å². The first-order valence-corrected chi connectivity index (χ1v) is 6.80. The maximum Gasteiger partial charge on any atom is 0.410 e. The second-order valence-electron chi connectivity index (χ2n) is 4.81. The van der Waals surface area contributed by atoms with Crippen molar-refractivity contribution in [2.75, 3.05) is 19.7 Å². The first-order valence-electron chi connectivity index (χ1n) is 6.42. The highest BCUT2D eigenvalue weighted by Crippen LogP contribution is 2.28. The number of carbonyl (C=O) groups is 1. The fourth-order valence-corrected chi connectivity index (χ4v) is 2.60. The molecule has 1 aromatic carbocycles. The molecule has 0 aliphatic carbocycles. The molecule has 0 fully saturated rings. The standard InChI is InChI=1S/C15H18ClNO2/c1-3-8-19-15(18)17-7-6-12-4-5-13(16)9-14(12)11(2)10-17/h3-5,9,11H,1,6-8,10H2,2H3. The number of hydrogen-bond acceptors (Lipinski definition) is 2. The van der Waals surface area contributed by atoms with Crippen LogP contribution >= 0.6 is 11.6 Å². The molecule has 3 nitrogen and oxygen atoms in total. The molecule has 0 aromatic heterocycles. The molecule has 1 aliphatic heterocycles. The van der Waals surface area contributed by atoms with Crippen LogP contribution in [0.3, 0.4) is 0 Å². The highest BCUT2D eigenvalue weighted by molar-refractivity contribution is 6.30. The van der Waals surface area contributed by atoms with E-state index in [1.165, 1.54) is 11.1 Å². The summed E-state index contributed by atoms with van der Waals surface area (Å²) in [5.41, 5.74) is 2.49. The Kier molecular flexibility index (Phi) is 4.48. The first kappa shape index (κ1) is 13.9. The Labute approximate surface area is 118 Å². The molecule has 0 bridgehead atoms. The number of amides is 1. The Hall–Kier alpha value is -1.48. The number of rotatable bonds is 2. The van der Waals surface area contributed by atoms with Crippen molar-refractivity contribution in [3.63, 3.8) is 0 Å². The van der Waals surface area contributed by atoms with E-state index < -0.39 is 0 Å². The van der Waals surface area contributed by atoms with Gasteiger partial charge in [-0.3, -0.25) is 0 Å². The van der Waals surface area contributed by atoms with E-state index in [1.807, 2.05) is 18.2 Å². The number of fused-ring (bicyclic) bond motifs is 1. The van der Waals surface area contributed by atoms with Crippen molar-refractivity contribution in [2.45, 2.75) is 19.3 Å². The van der Waals surface area contributed by atoms with Gasteiger partial charge >= 0.3 is 6.09 Å². The van der Waals surface area contributed by atoms with Gasteiger partial charge in [-0.25, -0.2) is 4.79 Å². The topological polar surface area (TPSA) is 29.5 Å². The monoisotopic (exact) mass is 279 g/mol. The third-order valence-corrected chi connectivity index (χ3v) is 3.60. The number of halogens is 1. The SMILES string of the molecule is C=CCOC(=O)N1CCc2ccc(Cl)cc2C(C)C1. The van der Waals surface area contributed by atoms with Crippen LogP contribution in [0, 0.1) is 0 Å². The fourth-order valence-electron chi connectivity index (χ4n) is 2.42. The molecule has 102 valence electrons. The van der Waals surface area contributed by atoms with Crippen molar-refractivity contribution in [1.29, 1.82) is 0 Å². The first-order chi connectivity index (χ1) is 9.11. The summed E-state index contributed by atoms with van der Waals surface area (Å²) in [5, 5.41) is 0.744. The minimum atomic E-state index is -0.273. The van der Waals surface area contributed by atoms with Crippen LogP contribution in [0.4, 0.5) is 4.79 Å². The molecule has 1 aromatic rings.